The van der Waals surface area contributed by atoms with Gasteiger partial charge in [-0.2, -0.15) is 0 Å². The van der Waals surface area contributed by atoms with E-state index in [1.165, 1.54) is 7.11 Å². The normalized spacial score (nSPS) is 16.3. The molecule has 0 saturated heterocycles. The van der Waals surface area contributed by atoms with Crippen molar-refractivity contribution in [2.24, 2.45) is 0 Å². The molecule has 0 spiro atoms. The predicted octanol–water partition coefficient (Wildman–Crippen LogP) is -2.41. The summed E-state index contributed by atoms with van der Waals surface area (Å²) in [6.07, 6.45) is 0. The van der Waals surface area contributed by atoms with Crippen molar-refractivity contribution >= 4 is 77.4 Å². The fraction of sp³-hybridized carbons (Fsp3) is 1.00. The maximum Gasteiger partial charge on any atom is 0.420 e. The van der Waals surface area contributed by atoms with Gasteiger partial charge in [-0.15, -0.1) is 0 Å². The Morgan fingerprint density at radius 3 is 1.83 bits per heavy atom. The van der Waals surface area contributed by atoms with Gasteiger partial charge in [-0.25, -0.2) is 0 Å². The molecule has 129 valence electrons. The molecule has 1 unspecified atom stereocenters. The second-order valence-corrected chi connectivity index (χ2v) is 45.9. The minimum absolute atomic E-state index is 0.742. The first-order valence-electron chi connectivity index (χ1n) is 6.46. The zero-order chi connectivity index (χ0) is 18.5. The van der Waals surface area contributed by atoms with Gasteiger partial charge in [-0.1, -0.05) is 0 Å². The molecule has 0 aromatic heterocycles. The molecule has 0 aromatic carbocycles. The molecular weight excluding hydrogens is 453 g/mol. The standard InChI is InChI=1S/C6H21O8Si9/c1-11-21(5,6)22(13-16-7,14-20(3,4)19(2)10)23(12-15,17-8)18-9/h7-9H,1-6H3. The van der Waals surface area contributed by atoms with Crippen molar-refractivity contribution in [3.63, 3.8) is 0 Å². The first-order valence-corrected chi connectivity index (χ1v) is 26.1. The molecule has 0 aliphatic carbocycles. The molecule has 8 nitrogen and oxygen atoms in total. The first kappa shape index (κ1) is 24.5. The first-order chi connectivity index (χ1) is 10.5. The summed E-state index contributed by atoms with van der Waals surface area (Å²) in [4.78, 5) is 29.6. The Morgan fingerprint density at radius 1 is 1.09 bits per heavy atom. The molecule has 1 atom stereocenters. The zero-order valence-electron chi connectivity index (χ0n) is 13.9. The van der Waals surface area contributed by atoms with Crippen LogP contribution in [0.25, 0.3) is 0 Å². The molecule has 0 aliphatic heterocycles. The Morgan fingerprint density at radius 2 is 1.57 bits per heavy atom. The van der Waals surface area contributed by atoms with E-state index in [2.05, 4.69) is 10.5 Å². The SMILES string of the molecule is CO[Si](C)(C)[Si](O[Si]O)(O[Si](C)(C)[Si](C)=O)[Si](O[Si])([Si]O)[Si]O. The van der Waals surface area contributed by atoms with Crippen LogP contribution in [0.2, 0.25) is 32.7 Å². The smallest absolute Gasteiger partial charge is 0.420 e. The van der Waals surface area contributed by atoms with E-state index in [1.807, 2.05) is 13.1 Å². The van der Waals surface area contributed by atoms with Crippen LogP contribution in [0.3, 0.4) is 0 Å². The van der Waals surface area contributed by atoms with Gasteiger partial charge in [0.1, 0.15) is 0 Å². The highest BCUT2D eigenvalue weighted by atomic mass is 30.0. The number of hydrogen-bond acceptors (Lipinski definition) is 8. The van der Waals surface area contributed by atoms with Crippen LogP contribution in [-0.2, 0) is 21.2 Å². The lowest BCUT2D eigenvalue weighted by Crippen LogP contribution is -2.87. The minimum Gasteiger partial charge on any atom is -0.457 e. The maximum atomic E-state index is 12.2. The number of rotatable bonds is 11. The Labute approximate surface area is 152 Å². The summed E-state index contributed by atoms with van der Waals surface area (Å²) in [6, 6.07) is 0. The summed E-state index contributed by atoms with van der Waals surface area (Å²) in [7, 11) is -8.91. The van der Waals surface area contributed by atoms with Gasteiger partial charge in [0.25, 0.3) is 15.1 Å². The van der Waals surface area contributed by atoms with Crippen molar-refractivity contribution in [2.45, 2.75) is 32.7 Å². The van der Waals surface area contributed by atoms with Gasteiger partial charge < -0.3 is 35.6 Å². The van der Waals surface area contributed by atoms with E-state index in [0.29, 0.717) is 0 Å². The zero-order valence-corrected chi connectivity index (χ0v) is 22.9. The van der Waals surface area contributed by atoms with Gasteiger partial charge in [-0.05, 0) is 32.7 Å². The summed E-state index contributed by atoms with van der Waals surface area (Å²) in [5.74, 6) is 0. The summed E-state index contributed by atoms with van der Waals surface area (Å²) in [6.45, 7) is 5.54. The van der Waals surface area contributed by atoms with Crippen LogP contribution in [0.5, 0.6) is 0 Å². The van der Waals surface area contributed by atoms with E-state index in [1.54, 1.807) is 19.6 Å². The minimum atomic E-state index is -3.54. The van der Waals surface area contributed by atoms with E-state index >= 15 is 0 Å². The lowest BCUT2D eigenvalue weighted by atomic mass is 11.8. The predicted molar refractivity (Wildman–Crippen MR) is 98.7 cm³/mol. The van der Waals surface area contributed by atoms with E-state index < -0.39 is 66.9 Å². The molecule has 0 fully saturated rings. The molecule has 3 N–H and O–H groups in total. The van der Waals surface area contributed by atoms with E-state index in [4.69, 9.17) is 16.8 Å². The highest BCUT2D eigenvalue weighted by Gasteiger charge is 2.73. The molecule has 0 saturated carbocycles. The van der Waals surface area contributed by atoms with Crippen LogP contribution in [0.15, 0.2) is 0 Å². The van der Waals surface area contributed by atoms with Crippen molar-refractivity contribution in [1.29, 1.82) is 0 Å². The molecular formula is C6H21O8Si9. The third-order valence-electron chi connectivity index (χ3n) is 3.67. The van der Waals surface area contributed by atoms with E-state index in [9.17, 15) is 18.8 Å². The molecule has 0 rings (SSSR count). The summed E-state index contributed by atoms with van der Waals surface area (Å²) in [5, 5.41) is 0. The summed E-state index contributed by atoms with van der Waals surface area (Å²) >= 11 is 0. The monoisotopic (exact) mass is 473 g/mol. The Kier molecular flexibility index (Phi) is 10.0. The van der Waals surface area contributed by atoms with Crippen LogP contribution in [0.1, 0.15) is 0 Å². The van der Waals surface area contributed by atoms with Crippen LogP contribution < -0.4 is 0 Å². The lowest BCUT2D eigenvalue weighted by Gasteiger charge is -2.50. The molecule has 0 aliphatic rings. The quantitative estimate of drug-likeness (QED) is 0.284. The van der Waals surface area contributed by atoms with Crippen LogP contribution in [0, 0.1) is 0 Å². The second-order valence-electron chi connectivity index (χ2n) is 5.70. The summed E-state index contributed by atoms with van der Waals surface area (Å²) < 4.78 is 35.5. The van der Waals surface area contributed by atoms with Gasteiger partial charge in [-0.3, -0.25) is 0 Å². The molecule has 23 heavy (non-hydrogen) atoms. The molecule has 0 amide bonds. The average Bonchev–Trinajstić information content (AvgIpc) is 2.48. The van der Waals surface area contributed by atoms with Gasteiger partial charge in [0.2, 0.25) is 44.7 Å². The largest absolute Gasteiger partial charge is 0.457 e. The van der Waals surface area contributed by atoms with Crippen LogP contribution >= 0.6 is 0 Å². The number of hydrogen-bond donors (Lipinski definition) is 3. The van der Waals surface area contributed by atoms with E-state index in [-0.39, 0.29) is 0 Å². The maximum absolute atomic E-state index is 12.2. The van der Waals surface area contributed by atoms with Gasteiger partial charge in [0, 0.05) is 7.11 Å². The van der Waals surface area contributed by atoms with Crippen molar-refractivity contribution < 1.29 is 35.6 Å². The summed E-state index contributed by atoms with van der Waals surface area (Å²) in [5.41, 5.74) is 0. The lowest BCUT2D eigenvalue weighted by molar-refractivity contribution is 0.353. The van der Waals surface area contributed by atoms with Gasteiger partial charge >= 0.3 is 17.6 Å². The van der Waals surface area contributed by atoms with Crippen molar-refractivity contribution in [3.8, 4) is 0 Å². The van der Waals surface area contributed by atoms with Crippen molar-refractivity contribution in [1.82, 2.24) is 0 Å². The fourth-order valence-corrected chi connectivity index (χ4v) is 72.8. The molecule has 17 heteroatoms. The third kappa shape index (κ3) is 4.80. The van der Waals surface area contributed by atoms with Crippen molar-refractivity contribution in [3.05, 3.63) is 0 Å². The highest BCUT2D eigenvalue weighted by Crippen LogP contribution is 2.33. The molecule has 0 heterocycles. The Balaban J connectivity index is 6.48. The molecule has 0 bridgehead atoms. The second kappa shape index (κ2) is 9.42. The molecule has 0 aromatic rings. The topological polar surface area (TPSA) is 115 Å². The fourth-order valence-electron chi connectivity index (χ4n) is 1.75. The highest BCUT2D eigenvalue weighted by molar-refractivity contribution is 7.85. The third-order valence-corrected chi connectivity index (χ3v) is 61.0. The molecule has 9 radical (unpaired) electrons. The Bertz CT molecular complexity index is 395. The van der Waals surface area contributed by atoms with Crippen molar-refractivity contribution in [2.75, 3.05) is 7.11 Å². The van der Waals surface area contributed by atoms with Crippen LogP contribution in [-0.4, -0.2) is 98.9 Å². The van der Waals surface area contributed by atoms with Gasteiger partial charge in [0.05, 0.1) is 0 Å². The Hall–Kier alpha value is 1.47. The van der Waals surface area contributed by atoms with E-state index in [0.717, 1.165) is 0 Å². The van der Waals surface area contributed by atoms with Gasteiger partial charge in [0.15, 0.2) is 0 Å². The van der Waals surface area contributed by atoms with Crippen LogP contribution in [0.4, 0.5) is 0 Å². The average molecular weight is 474 g/mol.